The zero-order valence-corrected chi connectivity index (χ0v) is 13.9. The third-order valence-corrected chi connectivity index (χ3v) is 5.97. The van der Waals surface area contributed by atoms with Crippen molar-refractivity contribution in [3.05, 3.63) is 30.3 Å². The fourth-order valence-corrected chi connectivity index (χ4v) is 3.64. The maximum Gasteiger partial charge on any atom is 0.311 e. The van der Waals surface area contributed by atoms with Gasteiger partial charge < -0.3 is 10.0 Å². The highest BCUT2D eigenvalue weighted by Crippen LogP contribution is 2.30. The second-order valence-electron chi connectivity index (χ2n) is 6.01. The van der Waals surface area contributed by atoms with Crippen molar-refractivity contribution < 1.29 is 23.1 Å². The molecule has 1 N–H and O–H groups in total. The van der Waals surface area contributed by atoms with Crippen molar-refractivity contribution in [1.82, 2.24) is 9.21 Å². The zero-order chi connectivity index (χ0) is 17.3. The van der Waals surface area contributed by atoms with Crippen molar-refractivity contribution in [2.75, 3.05) is 26.7 Å². The Kier molecular flexibility index (Phi) is 4.76. The molecule has 1 amide bonds. The molecule has 8 heteroatoms. The molecule has 2 rings (SSSR count). The average Bonchev–Trinajstić information content (AvgIpc) is 2.92. The number of carboxylic acid groups (broad SMARTS) is 1. The molecule has 7 nitrogen and oxygen atoms in total. The molecule has 0 spiro atoms. The standard InChI is InChI=1S/C15H20N2O5S/c1-15(14(19)20)8-9-17(11-15)13(18)10-16(2)23(21,22)12-6-4-3-5-7-12/h3-7H,8-11H2,1-2H3,(H,19,20). The predicted molar refractivity (Wildman–Crippen MR) is 83.2 cm³/mol. The van der Waals surface area contributed by atoms with E-state index in [2.05, 4.69) is 0 Å². The number of benzene rings is 1. The van der Waals surface area contributed by atoms with E-state index in [0.717, 1.165) is 4.31 Å². The molecule has 0 radical (unpaired) electrons. The summed E-state index contributed by atoms with van der Waals surface area (Å²) in [7, 11) is -2.40. The Balaban J connectivity index is 2.05. The lowest BCUT2D eigenvalue weighted by Gasteiger charge is -2.23. The Labute approximate surface area is 135 Å². The van der Waals surface area contributed by atoms with Crippen molar-refractivity contribution >= 4 is 21.9 Å². The first kappa shape index (κ1) is 17.4. The van der Waals surface area contributed by atoms with E-state index >= 15 is 0 Å². The van der Waals surface area contributed by atoms with E-state index in [1.165, 1.54) is 24.1 Å². The van der Waals surface area contributed by atoms with Crippen LogP contribution in [0.1, 0.15) is 13.3 Å². The number of hydrogen-bond acceptors (Lipinski definition) is 4. The monoisotopic (exact) mass is 340 g/mol. The van der Waals surface area contributed by atoms with Gasteiger partial charge in [0.15, 0.2) is 0 Å². The van der Waals surface area contributed by atoms with Gasteiger partial charge >= 0.3 is 5.97 Å². The third-order valence-electron chi connectivity index (χ3n) is 4.15. The molecule has 23 heavy (non-hydrogen) atoms. The number of nitrogens with zero attached hydrogens (tertiary/aromatic N) is 2. The highest BCUT2D eigenvalue weighted by molar-refractivity contribution is 7.89. The highest BCUT2D eigenvalue weighted by atomic mass is 32.2. The van der Waals surface area contributed by atoms with Gasteiger partial charge in [0.25, 0.3) is 0 Å². The summed E-state index contributed by atoms with van der Waals surface area (Å²) in [6.07, 6.45) is 0.364. The number of carboxylic acids is 1. The first-order chi connectivity index (χ1) is 10.7. The minimum Gasteiger partial charge on any atom is -0.481 e. The van der Waals surface area contributed by atoms with E-state index in [1.54, 1.807) is 25.1 Å². The first-order valence-corrected chi connectivity index (χ1v) is 8.63. The van der Waals surface area contributed by atoms with Gasteiger partial charge in [0.05, 0.1) is 16.9 Å². The molecule has 1 heterocycles. The summed E-state index contributed by atoms with van der Waals surface area (Å²) in [6.45, 7) is 1.70. The van der Waals surface area contributed by atoms with Crippen molar-refractivity contribution in [3.8, 4) is 0 Å². The molecule has 1 atom stereocenters. The summed E-state index contributed by atoms with van der Waals surface area (Å²) < 4.78 is 25.7. The SMILES string of the molecule is CN(CC(=O)N1CCC(C)(C(=O)O)C1)S(=O)(=O)c1ccccc1. The molecule has 1 aromatic rings. The van der Waals surface area contributed by atoms with Gasteiger partial charge in [-0.1, -0.05) is 18.2 Å². The number of carbonyl (C=O) groups excluding carboxylic acids is 1. The molecule has 0 aromatic heterocycles. The quantitative estimate of drug-likeness (QED) is 0.848. The van der Waals surface area contributed by atoms with Crippen LogP contribution in [0.25, 0.3) is 0 Å². The van der Waals surface area contributed by atoms with Gasteiger partial charge in [-0.2, -0.15) is 4.31 Å². The van der Waals surface area contributed by atoms with E-state index in [0.29, 0.717) is 13.0 Å². The molecular weight excluding hydrogens is 320 g/mol. The van der Waals surface area contributed by atoms with Crippen molar-refractivity contribution in [3.63, 3.8) is 0 Å². The van der Waals surface area contributed by atoms with Gasteiger partial charge in [-0.15, -0.1) is 0 Å². The van der Waals surface area contributed by atoms with Crippen LogP contribution in [-0.4, -0.2) is 61.3 Å². The van der Waals surface area contributed by atoms with Gasteiger partial charge in [-0.25, -0.2) is 8.42 Å². The van der Waals surface area contributed by atoms with Crippen LogP contribution in [0, 0.1) is 5.41 Å². The normalized spacial score (nSPS) is 21.6. The lowest BCUT2D eigenvalue weighted by Crippen LogP contribution is -2.41. The third kappa shape index (κ3) is 3.53. The van der Waals surface area contributed by atoms with Crippen LogP contribution in [-0.2, 0) is 19.6 Å². The Bertz CT molecular complexity index is 704. The fourth-order valence-electron chi connectivity index (χ4n) is 2.50. The minimum atomic E-state index is -3.74. The minimum absolute atomic E-state index is 0.0976. The topological polar surface area (TPSA) is 95.0 Å². The van der Waals surface area contributed by atoms with Crippen LogP contribution in [0.15, 0.2) is 35.2 Å². The van der Waals surface area contributed by atoms with Crippen molar-refractivity contribution in [2.24, 2.45) is 5.41 Å². The second-order valence-corrected chi connectivity index (χ2v) is 8.05. The lowest BCUT2D eigenvalue weighted by molar-refractivity contribution is -0.147. The number of aliphatic carboxylic acids is 1. The smallest absolute Gasteiger partial charge is 0.311 e. The Hall–Kier alpha value is -1.93. The molecule has 0 saturated carbocycles. The van der Waals surface area contributed by atoms with E-state index < -0.39 is 27.3 Å². The number of sulfonamides is 1. The lowest BCUT2D eigenvalue weighted by atomic mass is 9.90. The van der Waals surface area contributed by atoms with Crippen LogP contribution in [0.4, 0.5) is 0 Å². The molecule has 1 fully saturated rings. The number of likely N-dealkylation sites (tertiary alicyclic amines) is 1. The van der Waals surface area contributed by atoms with E-state index in [9.17, 15) is 23.1 Å². The van der Waals surface area contributed by atoms with Crippen LogP contribution < -0.4 is 0 Å². The number of likely N-dealkylation sites (N-methyl/N-ethyl adjacent to an activating group) is 1. The summed E-state index contributed by atoms with van der Waals surface area (Å²) in [5, 5.41) is 9.19. The zero-order valence-electron chi connectivity index (χ0n) is 13.1. The highest BCUT2D eigenvalue weighted by Gasteiger charge is 2.42. The molecule has 1 aromatic carbocycles. The van der Waals surface area contributed by atoms with Gasteiger partial charge in [-0.05, 0) is 25.5 Å². The van der Waals surface area contributed by atoms with E-state index in [4.69, 9.17) is 0 Å². The molecule has 1 aliphatic heterocycles. The predicted octanol–water partition coefficient (Wildman–Crippen LogP) is 0.630. The molecule has 1 saturated heterocycles. The van der Waals surface area contributed by atoms with Crippen molar-refractivity contribution in [1.29, 1.82) is 0 Å². The summed E-state index contributed by atoms with van der Waals surface area (Å²) in [5.74, 6) is -1.34. The maximum atomic E-state index is 12.4. The Morgan fingerprint density at radius 3 is 2.43 bits per heavy atom. The summed E-state index contributed by atoms with van der Waals surface area (Å²) in [6, 6.07) is 7.87. The summed E-state index contributed by atoms with van der Waals surface area (Å²) in [4.78, 5) is 25.0. The number of amides is 1. The van der Waals surface area contributed by atoms with Gasteiger partial charge in [-0.3, -0.25) is 9.59 Å². The molecule has 0 aliphatic carbocycles. The molecule has 1 aliphatic rings. The number of hydrogen-bond donors (Lipinski definition) is 1. The van der Waals surface area contributed by atoms with Gasteiger partial charge in [0.1, 0.15) is 0 Å². The molecule has 1 unspecified atom stereocenters. The van der Waals surface area contributed by atoms with Crippen LogP contribution in [0.5, 0.6) is 0 Å². The second kappa shape index (κ2) is 6.29. The van der Waals surface area contributed by atoms with E-state index in [-0.39, 0.29) is 18.0 Å². The fraction of sp³-hybridized carbons (Fsp3) is 0.467. The van der Waals surface area contributed by atoms with Crippen LogP contribution in [0.2, 0.25) is 0 Å². The molecular formula is C15H20N2O5S. The number of carbonyl (C=O) groups is 2. The van der Waals surface area contributed by atoms with Crippen LogP contribution in [0.3, 0.4) is 0 Å². The summed E-state index contributed by atoms with van der Waals surface area (Å²) >= 11 is 0. The molecule has 126 valence electrons. The van der Waals surface area contributed by atoms with Crippen LogP contribution >= 0.6 is 0 Å². The first-order valence-electron chi connectivity index (χ1n) is 7.19. The van der Waals surface area contributed by atoms with Crippen molar-refractivity contribution in [2.45, 2.75) is 18.2 Å². The number of rotatable bonds is 5. The summed E-state index contributed by atoms with van der Waals surface area (Å²) in [5.41, 5.74) is -0.966. The van der Waals surface area contributed by atoms with Gasteiger partial charge in [0.2, 0.25) is 15.9 Å². The van der Waals surface area contributed by atoms with E-state index in [1.807, 2.05) is 0 Å². The Morgan fingerprint density at radius 1 is 1.30 bits per heavy atom. The maximum absolute atomic E-state index is 12.4. The Morgan fingerprint density at radius 2 is 1.91 bits per heavy atom. The molecule has 0 bridgehead atoms. The average molecular weight is 340 g/mol. The largest absolute Gasteiger partial charge is 0.481 e. The van der Waals surface area contributed by atoms with Gasteiger partial charge in [0, 0.05) is 20.1 Å².